The lowest BCUT2D eigenvalue weighted by Crippen LogP contribution is -2.27. The number of aromatic hydroxyl groups is 2. The van der Waals surface area contributed by atoms with Crippen molar-refractivity contribution in [3.63, 3.8) is 0 Å². The van der Waals surface area contributed by atoms with Crippen LogP contribution < -0.4 is 0 Å². The molecule has 0 saturated carbocycles. The Bertz CT molecular complexity index is 972. The predicted molar refractivity (Wildman–Crippen MR) is 89.3 cm³/mol. The SMILES string of the molecule is Cc1ccc2c(c1)C1c3ccccc3C2c2c(O)ccc(O)c21. The van der Waals surface area contributed by atoms with Crippen LogP contribution in [0, 0.1) is 6.92 Å². The summed E-state index contributed by atoms with van der Waals surface area (Å²) in [6.07, 6.45) is 0. The number of rotatable bonds is 0. The van der Waals surface area contributed by atoms with E-state index in [4.69, 9.17) is 0 Å². The molecule has 0 aliphatic heterocycles. The van der Waals surface area contributed by atoms with Crippen molar-refractivity contribution >= 4 is 0 Å². The van der Waals surface area contributed by atoms with Gasteiger partial charge in [0, 0.05) is 23.0 Å². The van der Waals surface area contributed by atoms with Crippen molar-refractivity contribution in [2.24, 2.45) is 0 Å². The Morgan fingerprint density at radius 3 is 1.78 bits per heavy atom. The molecule has 0 radical (unpaired) electrons. The van der Waals surface area contributed by atoms with E-state index < -0.39 is 0 Å². The van der Waals surface area contributed by atoms with Gasteiger partial charge in [-0.1, -0.05) is 48.0 Å². The second-order valence-electron chi connectivity index (χ2n) is 6.56. The van der Waals surface area contributed by atoms with Crippen LogP contribution in [0.2, 0.25) is 0 Å². The van der Waals surface area contributed by atoms with Crippen LogP contribution in [0.4, 0.5) is 0 Å². The highest BCUT2D eigenvalue weighted by Gasteiger charge is 2.43. The Morgan fingerprint density at radius 2 is 1.17 bits per heavy atom. The van der Waals surface area contributed by atoms with E-state index in [1.807, 2.05) is 6.07 Å². The van der Waals surface area contributed by atoms with E-state index in [-0.39, 0.29) is 23.3 Å². The zero-order chi connectivity index (χ0) is 15.7. The molecule has 3 aromatic carbocycles. The number of aryl methyl sites for hydroxylation is 1. The molecule has 0 saturated heterocycles. The summed E-state index contributed by atoms with van der Waals surface area (Å²) < 4.78 is 0. The maximum absolute atomic E-state index is 10.5. The van der Waals surface area contributed by atoms with Gasteiger partial charge in [-0.15, -0.1) is 0 Å². The Morgan fingerprint density at radius 1 is 0.652 bits per heavy atom. The van der Waals surface area contributed by atoms with Gasteiger partial charge in [0.2, 0.25) is 0 Å². The predicted octanol–water partition coefficient (Wildman–Crippen LogP) is 4.39. The lowest BCUT2D eigenvalue weighted by Gasteiger charge is -2.42. The van der Waals surface area contributed by atoms with Gasteiger partial charge in [-0.25, -0.2) is 0 Å². The summed E-state index contributed by atoms with van der Waals surface area (Å²) in [6.45, 7) is 2.09. The number of benzene rings is 3. The summed E-state index contributed by atoms with van der Waals surface area (Å²) in [5.74, 6) is 0.532. The third-order valence-electron chi connectivity index (χ3n) is 5.30. The topological polar surface area (TPSA) is 40.5 Å². The normalized spacial score (nSPS) is 19.9. The molecular formula is C21H16O2. The molecule has 2 bridgehead atoms. The minimum Gasteiger partial charge on any atom is -0.508 e. The summed E-state index contributed by atoms with van der Waals surface area (Å²) >= 11 is 0. The average molecular weight is 300 g/mol. The van der Waals surface area contributed by atoms with Gasteiger partial charge in [-0.05, 0) is 41.3 Å². The molecule has 2 atom stereocenters. The first-order chi connectivity index (χ1) is 11.2. The largest absolute Gasteiger partial charge is 0.508 e. The van der Waals surface area contributed by atoms with Gasteiger partial charge in [-0.3, -0.25) is 0 Å². The number of phenolic OH excluding ortho intramolecular Hbond substituents is 2. The van der Waals surface area contributed by atoms with Crippen molar-refractivity contribution in [1.29, 1.82) is 0 Å². The molecule has 2 heteroatoms. The summed E-state index contributed by atoms with van der Waals surface area (Å²) in [4.78, 5) is 0. The van der Waals surface area contributed by atoms with E-state index in [0.717, 1.165) is 11.1 Å². The van der Waals surface area contributed by atoms with Gasteiger partial charge in [-0.2, -0.15) is 0 Å². The molecule has 2 N–H and O–H groups in total. The lowest BCUT2D eigenvalue weighted by molar-refractivity contribution is 0.440. The van der Waals surface area contributed by atoms with E-state index in [1.165, 1.54) is 27.8 Å². The van der Waals surface area contributed by atoms with Gasteiger partial charge < -0.3 is 10.2 Å². The molecular weight excluding hydrogens is 284 g/mol. The highest BCUT2D eigenvalue weighted by atomic mass is 16.3. The van der Waals surface area contributed by atoms with E-state index >= 15 is 0 Å². The fraction of sp³-hybridized carbons (Fsp3) is 0.143. The molecule has 6 rings (SSSR count). The van der Waals surface area contributed by atoms with E-state index in [9.17, 15) is 10.2 Å². The van der Waals surface area contributed by atoms with Crippen molar-refractivity contribution < 1.29 is 10.2 Å². The highest BCUT2D eigenvalue weighted by Crippen LogP contribution is 2.59. The van der Waals surface area contributed by atoms with E-state index in [1.54, 1.807) is 12.1 Å². The summed E-state index contributed by atoms with van der Waals surface area (Å²) in [6, 6.07) is 18.1. The van der Waals surface area contributed by atoms with E-state index in [0.29, 0.717) is 0 Å². The van der Waals surface area contributed by atoms with Crippen LogP contribution in [0.5, 0.6) is 11.5 Å². The fourth-order valence-electron chi connectivity index (χ4n) is 4.42. The molecule has 0 heterocycles. The zero-order valence-corrected chi connectivity index (χ0v) is 12.7. The average Bonchev–Trinajstić information content (AvgIpc) is 2.57. The van der Waals surface area contributed by atoms with Gasteiger partial charge >= 0.3 is 0 Å². The Hall–Kier alpha value is -2.74. The van der Waals surface area contributed by atoms with Crippen molar-refractivity contribution in [1.82, 2.24) is 0 Å². The van der Waals surface area contributed by atoms with Crippen molar-refractivity contribution in [2.45, 2.75) is 18.8 Å². The minimum atomic E-state index is -0.00630. The summed E-state index contributed by atoms with van der Waals surface area (Å²) in [5, 5.41) is 21.0. The van der Waals surface area contributed by atoms with Gasteiger partial charge in [0.25, 0.3) is 0 Å². The van der Waals surface area contributed by atoms with Crippen LogP contribution in [0.15, 0.2) is 54.6 Å². The molecule has 3 aliphatic carbocycles. The molecule has 0 spiro atoms. The van der Waals surface area contributed by atoms with Crippen molar-refractivity contribution in [3.8, 4) is 11.5 Å². The molecule has 0 aromatic heterocycles. The number of hydrogen-bond donors (Lipinski definition) is 2. The molecule has 2 nitrogen and oxygen atoms in total. The Labute approximate surface area is 134 Å². The standard InChI is InChI=1S/C21H16O2/c1-11-6-7-14-15(10-11)19-13-5-3-2-4-12(13)18(14)20-16(22)8-9-17(23)21(19)20/h2-10,18-19,22-23H,1H3. The van der Waals surface area contributed by atoms with E-state index in [2.05, 4.69) is 43.3 Å². The maximum atomic E-state index is 10.5. The summed E-state index contributed by atoms with van der Waals surface area (Å²) in [7, 11) is 0. The summed E-state index contributed by atoms with van der Waals surface area (Å²) in [5.41, 5.74) is 7.92. The van der Waals surface area contributed by atoms with Crippen molar-refractivity contribution in [3.05, 3.63) is 93.5 Å². The van der Waals surface area contributed by atoms with Gasteiger partial charge in [0.1, 0.15) is 11.5 Å². The third-order valence-corrected chi connectivity index (χ3v) is 5.30. The highest BCUT2D eigenvalue weighted by molar-refractivity contribution is 5.72. The Kier molecular flexibility index (Phi) is 2.31. The molecule has 3 aromatic rings. The zero-order valence-electron chi connectivity index (χ0n) is 12.7. The number of hydrogen-bond acceptors (Lipinski definition) is 2. The van der Waals surface area contributed by atoms with Gasteiger partial charge in [0.05, 0.1) is 0 Å². The third kappa shape index (κ3) is 1.48. The molecule has 2 unspecified atom stereocenters. The molecule has 3 aliphatic rings. The van der Waals surface area contributed by atoms with Crippen LogP contribution in [0.25, 0.3) is 0 Å². The number of phenols is 2. The second kappa shape index (κ2) is 4.17. The minimum absolute atomic E-state index is 0.00565. The lowest BCUT2D eigenvalue weighted by atomic mass is 9.60. The molecule has 0 fully saturated rings. The molecule has 23 heavy (non-hydrogen) atoms. The first kappa shape index (κ1) is 12.8. The van der Waals surface area contributed by atoms with Crippen LogP contribution in [-0.2, 0) is 0 Å². The first-order valence-electron chi connectivity index (χ1n) is 7.91. The van der Waals surface area contributed by atoms with Crippen LogP contribution in [0.1, 0.15) is 50.8 Å². The van der Waals surface area contributed by atoms with Crippen molar-refractivity contribution in [2.75, 3.05) is 0 Å². The fourth-order valence-corrected chi connectivity index (χ4v) is 4.42. The Balaban J connectivity index is 1.95. The quantitative estimate of drug-likeness (QED) is 0.416. The van der Waals surface area contributed by atoms with Gasteiger partial charge in [0.15, 0.2) is 0 Å². The molecule has 0 amide bonds. The smallest absolute Gasteiger partial charge is 0.120 e. The molecule has 112 valence electrons. The van der Waals surface area contributed by atoms with Crippen LogP contribution >= 0.6 is 0 Å². The monoisotopic (exact) mass is 300 g/mol. The second-order valence-corrected chi connectivity index (χ2v) is 6.56. The van der Waals surface area contributed by atoms with Crippen LogP contribution in [-0.4, -0.2) is 10.2 Å². The first-order valence-corrected chi connectivity index (χ1v) is 7.91. The maximum Gasteiger partial charge on any atom is 0.120 e. The van der Waals surface area contributed by atoms with Crippen LogP contribution in [0.3, 0.4) is 0 Å².